The summed E-state index contributed by atoms with van der Waals surface area (Å²) in [5, 5.41) is 9.05. The van der Waals surface area contributed by atoms with Crippen LogP contribution in [0, 0.1) is 16.7 Å². The van der Waals surface area contributed by atoms with Crippen LogP contribution in [0.3, 0.4) is 0 Å². The molecule has 0 aromatic carbocycles. The van der Waals surface area contributed by atoms with Crippen LogP contribution in [0.4, 0.5) is 0 Å². The SMILES string of the molecule is CCOC(=O)CC1(C#N)CCOCC1. The van der Waals surface area contributed by atoms with Crippen molar-refractivity contribution in [3.63, 3.8) is 0 Å². The lowest BCUT2D eigenvalue weighted by Gasteiger charge is -2.29. The van der Waals surface area contributed by atoms with Gasteiger partial charge < -0.3 is 9.47 Å². The van der Waals surface area contributed by atoms with Crippen molar-refractivity contribution in [2.45, 2.75) is 26.2 Å². The predicted octanol–water partition coefficient (Wildman–Crippen LogP) is 1.26. The third-order valence-electron chi connectivity index (χ3n) is 2.48. The minimum Gasteiger partial charge on any atom is -0.466 e. The lowest BCUT2D eigenvalue weighted by atomic mass is 9.79. The lowest BCUT2D eigenvalue weighted by molar-refractivity contribution is -0.146. The Bertz CT molecular complexity index is 238. The summed E-state index contributed by atoms with van der Waals surface area (Å²) in [7, 11) is 0. The van der Waals surface area contributed by atoms with Crippen LogP contribution >= 0.6 is 0 Å². The molecular weight excluding hydrogens is 182 g/mol. The Morgan fingerprint density at radius 1 is 1.57 bits per heavy atom. The van der Waals surface area contributed by atoms with Crippen molar-refractivity contribution >= 4 is 5.97 Å². The Morgan fingerprint density at radius 3 is 2.71 bits per heavy atom. The van der Waals surface area contributed by atoms with Crippen molar-refractivity contribution in [1.82, 2.24) is 0 Å². The van der Waals surface area contributed by atoms with Crippen molar-refractivity contribution < 1.29 is 14.3 Å². The van der Waals surface area contributed by atoms with Gasteiger partial charge in [0, 0.05) is 13.2 Å². The van der Waals surface area contributed by atoms with Crippen LogP contribution in [0.1, 0.15) is 26.2 Å². The predicted molar refractivity (Wildman–Crippen MR) is 49.3 cm³/mol. The second kappa shape index (κ2) is 4.97. The van der Waals surface area contributed by atoms with Gasteiger partial charge in [-0.1, -0.05) is 0 Å². The first-order valence-electron chi connectivity index (χ1n) is 4.87. The van der Waals surface area contributed by atoms with Crippen LogP contribution in [-0.4, -0.2) is 25.8 Å². The monoisotopic (exact) mass is 197 g/mol. The molecule has 0 aromatic heterocycles. The molecule has 0 aliphatic carbocycles. The molecule has 4 nitrogen and oxygen atoms in total. The molecule has 4 heteroatoms. The van der Waals surface area contributed by atoms with Crippen molar-refractivity contribution in [3.05, 3.63) is 0 Å². The van der Waals surface area contributed by atoms with Gasteiger partial charge in [-0.25, -0.2) is 0 Å². The second-order valence-corrected chi connectivity index (χ2v) is 3.49. The number of carbonyl (C=O) groups is 1. The Kier molecular flexibility index (Phi) is 3.90. The molecule has 1 heterocycles. The average molecular weight is 197 g/mol. The van der Waals surface area contributed by atoms with Crippen molar-refractivity contribution in [2.24, 2.45) is 5.41 Å². The number of rotatable bonds is 3. The smallest absolute Gasteiger partial charge is 0.307 e. The zero-order valence-electron chi connectivity index (χ0n) is 8.41. The van der Waals surface area contributed by atoms with Gasteiger partial charge in [0.2, 0.25) is 0 Å². The van der Waals surface area contributed by atoms with Crippen molar-refractivity contribution in [2.75, 3.05) is 19.8 Å². The molecule has 0 radical (unpaired) electrons. The highest BCUT2D eigenvalue weighted by atomic mass is 16.5. The van der Waals surface area contributed by atoms with E-state index < -0.39 is 5.41 Å². The van der Waals surface area contributed by atoms with E-state index in [0.717, 1.165) is 0 Å². The quantitative estimate of drug-likeness (QED) is 0.639. The molecule has 0 saturated carbocycles. The molecule has 14 heavy (non-hydrogen) atoms. The van der Waals surface area contributed by atoms with Crippen LogP contribution in [0.25, 0.3) is 0 Å². The molecule has 1 fully saturated rings. The summed E-state index contributed by atoms with van der Waals surface area (Å²) in [4.78, 5) is 11.3. The van der Waals surface area contributed by atoms with E-state index in [0.29, 0.717) is 32.7 Å². The fourth-order valence-electron chi connectivity index (χ4n) is 1.58. The second-order valence-electron chi connectivity index (χ2n) is 3.49. The van der Waals surface area contributed by atoms with Gasteiger partial charge in [-0.3, -0.25) is 4.79 Å². The number of nitriles is 1. The fourth-order valence-corrected chi connectivity index (χ4v) is 1.58. The maximum absolute atomic E-state index is 11.3. The van der Waals surface area contributed by atoms with E-state index in [4.69, 9.17) is 14.7 Å². The summed E-state index contributed by atoms with van der Waals surface area (Å²) < 4.78 is 10.0. The zero-order chi connectivity index (χ0) is 10.4. The third-order valence-corrected chi connectivity index (χ3v) is 2.48. The minimum atomic E-state index is -0.551. The Hall–Kier alpha value is -1.08. The maximum Gasteiger partial charge on any atom is 0.307 e. The van der Waals surface area contributed by atoms with E-state index in [1.807, 2.05) is 0 Å². The van der Waals surface area contributed by atoms with E-state index in [1.165, 1.54) is 0 Å². The van der Waals surface area contributed by atoms with E-state index in [9.17, 15) is 4.79 Å². The standard InChI is InChI=1S/C10H15NO3/c1-2-14-9(12)7-10(8-11)3-5-13-6-4-10/h2-7H2,1H3. The maximum atomic E-state index is 11.3. The molecule has 78 valence electrons. The third kappa shape index (κ3) is 2.71. The largest absolute Gasteiger partial charge is 0.466 e. The number of esters is 1. The number of ether oxygens (including phenoxy) is 2. The van der Waals surface area contributed by atoms with E-state index in [-0.39, 0.29) is 12.4 Å². The van der Waals surface area contributed by atoms with E-state index >= 15 is 0 Å². The number of carbonyl (C=O) groups excluding carboxylic acids is 1. The summed E-state index contributed by atoms with van der Waals surface area (Å²) in [5.74, 6) is -0.282. The topological polar surface area (TPSA) is 59.3 Å². The molecule has 1 aliphatic heterocycles. The van der Waals surface area contributed by atoms with Gasteiger partial charge in [-0.15, -0.1) is 0 Å². The van der Waals surface area contributed by atoms with E-state index in [1.54, 1.807) is 6.92 Å². The summed E-state index contributed by atoms with van der Waals surface area (Å²) in [6.45, 7) is 3.26. The molecule has 1 saturated heterocycles. The first-order valence-corrected chi connectivity index (χ1v) is 4.87. The Morgan fingerprint density at radius 2 is 2.21 bits per heavy atom. The summed E-state index contributed by atoms with van der Waals surface area (Å²) in [6.07, 6.45) is 1.45. The molecule has 0 N–H and O–H groups in total. The molecule has 1 aliphatic rings. The van der Waals surface area contributed by atoms with Crippen LogP contribution in [0.15, 0.2) is 0 Å². The highest BCUT2D eigenvalue weighted by Gasteiger charge is 2.35. The van der Waals surface area contributed by atoms with Crippen LogP contribution in [0.2, 0.25) is 0 Å². The van der Waals surface area contributed by atoms with Crippen LogP contribution in [-0.2, 0) is 14.3 Å². The number of nitrogens with zero attached hydrogens (tertiary/aromatic N) is 1. The Balaban J connectivity index is 2.52. The van der Waals surface area contributed by atoms with Gasteiger partial charge in [-0.05, 0) is 19.8 Å². The fraction of sp³-hybridized carbons (Fsp3) is 0.800. The molecule has 0 atom stereocenters. The normalized spacial score (nSPS) is 19.7. The van der Waals surface area contributed by atoms with Gasteiger partial charge in [0.15, 0.2) is 0 Å². The molecule has 0 aromatic rings. The van der Waals surface area contributed by atoms with E-state index in [2.05, 4.69) is 6.07 Å². The molecular formula is C10H15NO3. The van der Waals surface area contributed by atoms with Gasteiger partial charge in [0.25, 0.3) is 0 Å². The van der Waals surface area contributed by atoms with Crippen molar-refractivity contribution in [1.29, 1.82) is 5.26 Å². The van der Waals surface area contributed by atoms with Gasteiger partial charge in [0.1, 0.15) is 0 Å². The highest BCUT2D eigenvalue weighted by molar-refractivity contribution is 5.70. The number of hydrogen-bond donors (Lipinski definition) is 0. The van der Waals surface area contributed by atoms with Crippen LogP contribution in [0.5, 0.6) is 0 Å². The minimum absolute atomic E-state index is 0.195. The lowest BCUT2D eigenvalue weighted by Crippen LogP contribution is -2.31. The molecule has 1 rings (SSSR count). The number of hydrogen-bond acceptors (Lipinski definition) is 4. The van der Waals surface area contributed by atoms with Gasteiger partial charge >= 0.3 is 5.97 Å². The first-order chi connectivity index (χ1) is 6.72. The summed E-state index contributed by atoms with van der Waals surface area (Å²) in [5.41, 5.74) is -0.551. The molecule has 0 amide bonds. The molecule has 0 bridgehead atoms. The molecule has 0 spiro atoms. The van der Waals surface area contributed by atoms with Crippen molar-refractivity contribution in [3.8, 4) is 6.07 Å². The van der Waals surface area contributed by atoms with Crippen LogP contribution < -0.4 is 0 Å². The average Bonchev–Trinajstić information content (AvgIpc) is 2.19. The summed E-state index contributed by atoms with van der Waals surface area (Å²) >= 11 is 0. The highest BCUT2D eigenvalue weighted by Crippen LogP contribution is 2.33. The first kappa shape index (κ1) is 11.0. The van der Waals surface area contributed by atoms with Gasteiger partial charge in [-0.2, -0.15) is 5.26 Å². The molecule has 0 unspecified atom stereocenters. The zero-order valence-corrected chi connectivity index (χ0v) is 8.41. The summed E-state index contributed by atoms with van der Waals surface area (Å²) in [6, 6.07) is 2.23. The Labute approximate surface area is 83.8 Å². The van der Waals surface area contributed by atoms with Gasteiger partial charge in [0.05, 0.1) is 24.5 Å².